The molecule has 0 bridgehead atoms. The first kappa shape index (κ1) is 14.4. The summed E-state index contributed by atoms with van der Waals surface area (Å²) in [4.78, 5) is 10.9. The Morgan fingerprint density at radius 3 is 2.79 bits per heavy atom. The lowest BCUT2D eigenvalue weighted by Crippen LogP contribution is -2.04. The fourth-order valence-corrected chi connectivity index (χ4v) is 3.21. The number of carboxylic acids is 1. The van der Waals surface area contributed by atoms with Crippen LogP contribution in [-0.4, -0.2) is 18.2 Å². The van der Waals surface area contributed by atoms with Crippen LogP contribution in [0.25, 0.3) is 0 Å². The number of hydrogen-bond acceptors (Lipinski definition) is 2. The predicted molar refractivity (Wildman–Crippen MR) is 77.6 cm³/mol. The van der Waals surface area contributed by atoms with Gasteiger partial charge in [-0.25, -0.2) is 0 Å². The second-order valence-corrected chi connectivity index (χ2v) is 6.03. The zero-order valence-electron chi connectivity index (χ0n) is 11.2. The fourth-order valence-electron chi connectivity index (χ4n) is 2.65. The Kier molecular flexibility index (Phi) is 4.50. The highest BCUT2D eigenvalue weighted by atomic mass is 79.9. The Bertz CT molecular complexity index is 472. The number of ether oxygens (including phenoxy) is 1. The molecule has 2 rings (SSSR count). The molecule has 3 nitrogen and oxygen atoms in total. The van der Waals surface area contributed by atoms with Gasteiger partial charge >= 0.3 is 5.97 Å². The standard InChI is InChI=1S/C15H19BrO3/c1-3-9(6-11-7-12(11)15(17)18)10-4-5-14(19-2)13(16)8-10/h4-5,8-9,11-12H,3,6-7H2,1-2H3,(H,17,18). The SMILES string of the molecule is CCC(CC1CC1C(=O)O)c1ccc(OC)c(Br)c1. The van der Waals surface area contributed by atoms with E-state index < -0.39 is 5.97 Å². The third-order valence-corrected chi connectivity index (χ3v) is 4.59. The van der Waals surface area contributed by atoms with E-state index in [-0.39, 0.29) is 5.92 Å². The smallest absolute Gasteiger partial charge is 0.306 e. The summed E-state index contributed by atoms with van der Waals surface area (Å²) in [5, 5.41) is 8.97. The first-order chi connectivity index (χ1) is 9.06. The molecule has 0 saturated heterocycles. The largest absolute Gasteiger partial charge is 0.496 e. The van der Waals surface area contributed by atoms with Gasteiger partial charge < -0.3 is 9.84 Å². The number of halogens is 1. The number of carbonyl (C=O) groups is 1. The molecule has 104 valence electrons. The minimum absolute atomic E-state index is 0.115. The van der Waals surface area contributed by atoms with Gasteiger partial charge in [0.15, 0.2) is 0 Å². The van der Waals surface area contributed by atoms with E-state index in [1.807, 2.05) is 6.07 Å². The summed E-state index contributed by atoms with van der Waals surface area (Å²) >= 11 is 3.50. The summed E-state index contributed by atoms with van der Waals surface area (Å²) in [5.74, 6) is 0.847. The van der Waals surface area contributed by atoms with E-state index in [1.54, 1.807) is 7.11 Å². The topological polar surface area (TPSA) is 46.5 Å². The minimum Gasteiger partial charge on any atom is -0.496 e. The number of aliphatic carboxylic acids is 1. The lowest BCUT2D eigenvalue weighted by Gasteiger charge is -2.16. The molecule has 1 fully saturated rings. The molecule has 3 unspecified atom stereocenters. The van der Waals surface area contributed by atoms with Gasteiger partial charge in [-0.1, -0.05) is 13.0 Å². The molecular formula is C15H19BrO3. The van der Waals surface area contributed by atoms with Gasteiger partial charge in [0.05, 0.1) is 17.5 Å². The van der Waals surface area contributed by atoms with E-state index in [9.17, 15) is 4.79 Å². The molecule has 0 aromatic heterocycles. The van der Waals surface area contributed by atoms with E-state index >= 15 is 0 Å². The molecule has 3 atom stereocenters. The van der Waals surface area contributed by atoms with Crippen LogP contribution in [0.1, 0.15) is 37.7 Å². The van der Waals surface area contributed by atoms with Gasteiger partial charge in [-0.3, -0.25) is 4.79 Å². The van der Waals surface area contributed by atoms with Crippen molar-refractivity contribution in [2.24, 2.45) is 11.8 Å². The van der Waals surface area contributed by atoms with Crippen LogP contribution in [0.2, 0.25) is 0 Å². The molecule has 1 saturated carbocycles. The fraction of sp³-hybridized carbons (Fsp3) is 0.533. The van der Waals surface area contributed by atoms with Crippen molar-refractivity contribution in [2.75, 3.05) is 7.11 Å². The Morgan fingerprint density at radius 1 is 1.58 bits per heavy atom. The predicted octanol–water partition coefficient (Wildman–Crippen LogP) is 4.06. The van der Waals surface area contributed by atoms with Crippen LogP contribution in [0.5, 0.6) is 5.75 Å². The van der Waals surface area contributed by atoms with Crippen molar-refractivity contribution in [3.05, 3.63) is 28.2 Å². The molecule has 0 amide bonds. The Labute approximate surface area is 122 Å². The normalized spacial score (nSPS) is 22.9. The van der Waals surface area contributed by atoms with E-state index in [1.165, 1.54) is 5.56 Å². The van der Waals surface area contributed by atoms with Crippen LogP contribution < -0.4 is 4.74 Å². The van der Waals surface area contributed by atoms with Crippen molar-refractivity contribution in [1.29, 1.82) is 0 Å². The van der Waals surface area contributed by atoms with Crippen LogP contribution in [0, 0.1) is 11.8 Å². The highest BCUT2D eigenvalue weighted by molar-refractivity contribution is 9.10. The van der Waals surface area contributed by atoms with E-state index in [2.05, 4.69) is 35.0 Å². The van der Waals surface area contributed by atoms with Crippen molar-refractivity contribution >= 4 is 21.9 Å². The zero-order chi connectivity index (χ0) is 14.0. The average molecular weight is 327 g/mol. The summed E-state index contributed by atoms with van der Waals surface area (Å²) in [6, 6.07) is 6.13. The summed E-state index contributed by atoms with van der Waals surface area (Å²) in [6.45, 7) is 2.15. The Balaban J connectivity index is 2.06. The summed E-state index contributed by atoms with van der Waals surface area (Å²) in [7, 11) is 1.65. The third-order valence-electron chi connectivity index (χ3n) is 3.97. The Morgan fingerprint density at radius 2 is 2.32 bits per heavy atom. The van der Waals surface area contributed by atoms with Crippen molar-refractivity contribution in [3.8, 4) is 5.75 Å². The van der Waals surface area contributed by atoms with Crippen LogP contribution in [0.15, 0.2) is 22.7 Å². The maximum absolute atomic E-state index is 10.9. The van der Waals surface area contributed by atoms with E-state index in [0.29, 0.717) is 11.8 Å². The van der Waals surface area contributed by atoms with Crippen LogP contribution >= 0.6 is 15.9 Å². The molecule has 0 spiro atoms. The van der Waals surface area contributed by atoms with Gasteiger partial charge in [-0.2, -0.15) is 0 Å². The van der Waals surface area contributed by atoms with Gasteiger partial charge in [0, 0.05) is 0 Å². The lowest BCUT2D eigenvalue weighted by molar-refractivity contribution is -0.138. The maximum Gasteiger partial charge on any atom is 0.306 e. The van der Waals surface area contributed by atoms with Crippen molar-refractivity contribution in [1.82, 2.24) is 0 Å². The molecule has 19 heavy (non-hydrogen) atoms. The molecule has 0 heterocycles. The number of carboxylic acid groups (broad SMARTS) is 1. The highest BCUT2D eigenvalue weighted by Gasteiger charge is 2.43. The third kappa shape index (κ3) is 3.30. The number of benzene rings is 1. The molecule has 1 aliphatic rings. The van der Waals surface area contributed by atoms with E-state index in [0.717, 1.165) is 29.5 Å². The van der Waals surface area contributed by atoms with Gasteiger partial charge in [0.1, 0.15) is 5.75 Å². The van der Waals surface area contributed by atoms with Gasteiger partial charge in [0.2, 0.25) is 0 Å². The quantitative estimate of drug-likeness (QED) is 0.857. The second kappa shape index (κ2) is 5.95. The summed E-state index contributed by atoms with van der Waals surface area (Å²) in [6.07, 6.45) is 2.83. The monoisotopic (exact) mass is 326 g/mol. The number of rotatable bonds is 6. The van der Waals surface area contributed by atoms with Crippen molar-refractivity contribution in [2.45, 2.75) is 32.1 Å². The second-order valence-electron chi connectivity index (χ2n) is 5.18. The maximum atomic E-state index is 10.9. The van der Waals surface area contributed by atoms with E-state index in [4.69, 9.17) is 9.84 Å². The molecule has 0 radical (unpaired) electrons. The number of hydrogen-bond donors (Lipinski definition) is 1. The van der Waals surface area contributed by atoms with Gasteiger partial charge in [-0.05, 0) is 64.7 Å². The average Bonchev–Trinajstić information content (AvgIpc) is 3.15. The number of methoxy groups -OCH3 is 1. The van der Waals surface area contributed by atoms with Crippen LogP contribution in [0.4, 0.5) is 0 Å². The van der Waals surface area contributed by atoms with Gasteiger partial charge in [0.25, 0.3) is 0 Å². The summed E-state index contributed by atoms with van der Waals surface area (Å²) < 4.78 is 6.19. The molecule has 1 aliphatic carbocycles. The first-order valence-electron chi connectivity index (χ1n) is 6.63. The highest BCUT2D eigenvalue weighted by Crippen LogP contribution is 2.46. The molecule has 1 aromatic carbocycles. The molecule has 0 aliphatic heterocycles. The summed E-state index contributed by atoms with van der Waals surface area (Å²) in [5.41, 5.74) is 1.26. The van der Waals surface area contributed by atoms with Crippen LogP contribution in [-0.2, 0) is 4.79 Å². The minimum atomic E-state index is -0.643. The Hall–Kier alpha value is -1.03. The van der Waals surface area contributed by atoms with Crippen molar-refractivity contribution < 1.29 is 14.6 Å². The van der Waals surface area contributed by atoms with Crippen LogP contribution in [0.3, 0.4) is 0 Å². The van der Waals surface area contributed by atoms with Crippen molar-refractivity contribution in [3.63, 3.8) is 0 Å². The molecule has 4 heteroatoms. The zero-order valence-corrected chi connectivity index (χ0v) is 12.8. The molecular weight excluding hydrogens is 308 g/mol. The molecule has 1 aromatic rings. The van der Waals surface area contributed by atoms with Gasteiger partial charge in [-0.15, -0.1) is 0 Å². The molecule has 1 N–H and O–H groups in total. The first-order valence-corrected chi connectivity index (χ1v) is 7.42. The lowest BCUT2D eigenvalue weighted by atomic mass is 9.90.